The summed E-state index contributed by atoms with van der Waals surface area (Å²) in [5.41, 5.74) is 2.33. The first-order valence-electron chi connectivity index (χ1n) is 7.88. The molecule has 0 spiro atoms. The lowest BCUT2D eigenvalue weighted by Crippen LogP contribution is -2.39. The van der Waals surface area contributed by atoms with Crippen molar-refractivity contribution >= 4 is 22.8 Å². The number of fused-ring (bicyclic) bond motifs is 1. The van der Waals surface area contributed by atoms with Gasteiger partial charge in [0.25, 0.3) is 0 Å². The minimum absolute atomic E-state index is 0.159. The van der Waals surface area contributed by atoms with Crippen LogP contribution in [0, 0.1) is 5.82 Å². The average molecular weight is 370 g/mol. The molecule has 1 heterocycles. The van der Waals surface area contributed by atoms with E-state index in [-0.39, 0.29) is 5.82 Å². The smallest absolute Gasteiger partial charge is 0.335 e. The van der Waals surface area contributed by atoms with Crippen molar-refractivity contribution in [2.75, 3.05) is 13.6 Å². The molecule has 1 aromatic carbocycles. The van der Waals surface area contributed by atoms with Crippen LogP contribution in [0.15, 0.2) is 24.4 Å². The Morgan fingerprint density at radius 1 is 1.19 bits per heavy atom. The lowest BCUT2D eigenvalue weighted by molar-refractivity contribution is -0.165. The Balaban J connectivity index is 0.000000294. The molecule has 0 aliphatic carbocycles. The highest BCUT2D eigenvalue weighted by molar-refractivity contribution is 5.84. The maximum absolute atomic E-state index is 13.2. The van der Waals surface area contributed by atoms with Crippen molar-refractivity contribution in [2.24, 2.45) is 7.05 Å². The molecule has 0 aliphatic heterocycles. The maximum Gasteiger partial charge on any atom is 0.335 e. The fourth-order valence-corrected chi connectivity index (χ4v) is 2.37. The summed E-state index contributed by atoms with van der Waals surface area (Å²) in [6, 6.07) is 4.98. The van der Waals surface area contributed by atoms with E-state index < -0.39 is 24.1 Å². The highest BCUT2D eigenvalue weighted by Gasteiger charge is 2.29. The standard InChI is InChI=1S/C13H17FN2.C4H6O6/c1-15-7-3-4-10-9-16(2)13-6-5-11(14)8-12(10)13;5-1(3(7)8)2(6)4(9)10/h5-6,8-9,15H,3-4,7H2,1-2H3;1-2,5-6H,(H,7,8)(H,9,10). The van der Waals surface area contributed by atoms with Gasteiger partial charge in [0, 0.05) is 24.1 Å². The van der Waals surface area contributed by atoms with Crippen LogP contribution in [0.25, 0.3) is 10.9 Å². The number of carbonyl (C=O) groups is 2. The number of aliphatic hydroxyl groups is 2. The largest absolute Gasteiger partial charge is 0.479 e. The molecular formula is C17H23FN2O6. The van der Waals surface area contributed by atoms with Crippen LogP contribution in [0.2, 0.25) is 0 Å². The van der Waals surface area contributed by atoms with Gasteiger partial charge in [-0.2, -0.15) is 0 Å². The van der Waals surface area contributed by atoms with Crippen molar-refractivity contribution in [1.29, 1.82) is 0 Å². The van der Waals surface area contributed by atoms with Gasteiger partial charge in [-0.3, -0.25) is 0 Å². The molecular weight excluding hydrogens is 347 g/mol. The molecule has 2 unspecified atom stereocenters. The summed E-state index contributed by atoms with van der Waals surface area (Å²) in [4.78, 5) is 19.5. The van der Waals surface area contributed by atoms with Crippen LogP contribution in [0.1, 0.15) is 12.0 Å². The summed E-state index contributed by atoms with van der Waals surface area (Å²) < 4.78 is 15.3. The molecule has 8 nitrogen and oxygen atoms in total. The number of carboxylic acids is 2. The predicted molar refractivity (Wildman–Crippen MR) is 92.4 cm³/mol. The first-order chi connectivity index (χ1) is 12.2. The second-order valence-electron chi connectivity index (χ2n) is 5.70. The molecule has 0 fully saturated rings. The SMILES string of the molecule is CNCCCc1cn(C)c2ccc(F)cc12.O=C(O)C(O)C(O)C(=O)O. The van der Waals surface area contributed by atoms with Gasteiger partial charge in [-0.1, -0.05) is 0 Å². The lowest BCUT2D eigenvalue weighted by atomic mass is 10.1. The number of rotatable bonds is 7. The fourth-order valence-electron chi connectivity index (χ4n) is 2.37. The van der Waals surface area contributed by atoms with Crippen LogP contribution < -0.4 is 5.32 Å². The summed E-state index contributed by atoms with van der Waals surface area (Å²) in [6.07, 6.45) is -0.372. The van der Waals surface area contributed by atoms with Gasteiger partial charge < -0.3 is 30.3 Å². The van der Waals surface area contributed by atoms with Crippen LogP contribution in [0.4, 0.5) is 4.39 Å². The van der Waals surface area contributed by atoms with Crippen LogP contribution >= 0.6 is 0 Å². The number of aryl methyl sites for hydroxylation is 2. The normalized spacial score (nSPS) is 13.0. The van der Waals surface area contributed by atoms with Gasteiger partial charge in [0.1, 0.15) is 5.82 Å². The van der Waals surface area contributed by atoms with Crippen LogP contribution in [0.3, 0.4) is 0 Å². The van der Waals surface area contributed by atoms with E-state index in [9.17, 15) is 14.0 Å². The maximum atomic E-state index is 13.2. The molecule has 0 saturated carbocycles. The molecule has 0 saturated heterocycles. The molecule has 2 atom stereocenters. The van der Waals surface area contributed by atoms with Crippen LogP contribution in [-0.2, 0) is 23.1 Å². The molecule has 0 aliphatic rings. The number of aliphatic carboxylic acids is 2. The number of halogens is 1. The van der Waals surface area contributed by atoms with Gasteiger partial charge >= 0.3 is 11.9 Å². The van der Waals surface area contributed by atoms with Crippen molar-refractivity contribution in [2.45, 2.75) is 25.0 Å². The third-order valence-corrected chi connectivity index (χ3v) is 3.71. The first kappa shape index (κ1) is 21.6. The van der Waals surface area contributed by atoms with E-state index in [0.29, 0.717) is 0 Å². The molecule has 0 amide bonds. The monoisotopic (exact) mass is 370 g/mol. The minimum Gasteiger partial charge on any atom is -0.479 e. The number of aromatic nitrogens is 1. The highest BCUT2D eigenvalue weighted by atomic mass is 19.1. The zero-order valence-corrected chi connectivity index (χ0v) is 14.5. The Kier molecular flexibility index (Phi) is 8.17. The Hall–Kier alpha value is -2.49. The zero-order chi connectivity index (χ0) is 19.9. The minimum atomic E-state index is -2.27. The van der Waals surface area contributed by atoms with Crippen LogP contribution in [0.5, 0.6) is 0 Å². The van der Waals surface area contributed by atoms with E-state index >= 15 is 0 Å². The highest BCUT2D eigenvalue weighted by Crippen LogP contribution is 2.22. The zero-order valence-electron chi connectivity index (χ0n) is 14.5. The predicted octanol–water partition coefficient (Wildman–Crippen LogP) is 0.347. The van der Waals surface area contributed by atoms with E-state index in [0.717, 1.165) is 30.3 Å². The molecule has 0 radical (unpaired) electrons. The Labute approximate surface area is 149 Å². The number of hydrogen-bond donors (Lipinski definition) is 5. The van der Waals surface area contributed by atoms with Gasteiger partial charge in [-0.25, -0.2) is 14.0 Å². The summed E-state index contributed by atoms with van der Waals surface area (Å²) in [5.74, 6) is -3.70. The number of nitrogens with zero attached hydrogens (tertiary/aromatic N) is 1. The van der Waals surface area contributed by atoms with Gasteiger partial charge in [0.15, 0.2) is 12.2 Å². The second-order valence-corrected chi connectivity index (χ2v) is 5.70. The van der Waals surface area contributed by atoms with Crippen molar-refractivity contribution < 1.29 is 34.4 Å². The van der Waals surface area contributed by atoms with E-state index in [1.54, 1.807) is 6.07 Å². The quantitative estimate of drug-likeness (QED) is 0.444. The lowest BCUT2D eigenvalue weighted by Gasteiger charge is -2.07. The van der Waals surface area contributed by atoms with Gasteiger partial charge in [0.2, 0.25) is 0 Å². The summed E-state index contributed by atoms with van der Waals surface area (Å²) in [6.45, 7) is 0.992. The van der Waals surface area contributed by atoms with E-state index in [2.05, 4.69) is 16.1 Å². The molecule has 0 bridgehead atoms. The molecule has 26 heavy (non-hydrogen) atoms. The average Bonchev–Trinajstić information content (AvgIpc) is 2.89. The summed E-state index contributed by atoms with van der Waals surface area (Å²) >= 11 is 0. The number of aliphatic hydroxyl groups excluding tert-OH is 2. The Morgan fingerprint density at radius 2 is 1.77 bits per heavy atom. The van der Waals surface area contributed by atoms with Crippen molar-refractivity contribution in [3.05, 3.63) is 35.8 Å². The molecule has 2 rings (SSSR count). The van der Waals surface area contributed by atoms with Crippen molar-refractivity contribution in [3.8, 4) is 0 Å². The molecule has 2 aromatic rings. The fraction of sp³-hybridized carbons (Fsp3) is 0.412. The number of benzene rings is 1. The molecule has 144 valence electrons. The van der Waals surface area contributed by atoms with E-state index in [1.165, 1.54) is 11.6 Å². The number of hydrogen-bond acceptors (Lipinski definition) is 5. The Morgan fingerprint density at radius 3 is 2.27 bits per heavy atom. The third-order valence-electron chi connectivity index (χ3n) is 3.71. The summed E-state index contributed by atoms with van der Waals surface area (Å²) in [7, 11) is 3.95. The first-order valence-corrected chi connectivity index (χ1v) is 7.88. The third kappa shape index (κ3) is 5.80. The van der Waals surface area contributed by atoms with Crippen molar-refractivity contribution in [1.82, 2.24) is 9.88 Å². The van der Waals surface area contributed by atoms with Gasteiger partial charge in [0.05, 0.1) is 0 Å². The number of carboxylic acid groups (broad SMARTS) is 2. The number of nitrogens with one attached hydrogen (secondary N) is 1. The van der Waals surface area contributed by atoms with Crippen LogP contribution in [-0.4, -0.2) is 62.7 Å². The second kappa shape index (κ2) is 9.85. The molecule has 9 heteroatoms. The molecule has 1 aromatic heterocycles. The topological polar surface area (TPSA) is 132 Å². The van der Waals surface area contributed by atoms with E-state index in [4.69, 9.17) is 20.4 Å². The van der Waals surface area contributed by atoms with Crippen molar-refractivity contribution in [3.63, 3.8) is 0 Å². The Bertz CT molecular complexity index is 743. The molecule has 5 N–H and O–H groups in total. The van der Waals surface area contributed by atoms with Gasteiger partial charge in [-0.05, 0) is 50.2 Å². The summed E-state index contributed by atoms with van der Waals surface area (Å²) in [5, 5.41) is 36.7. The van der Waals surface area contributed by atoms with E-state index in [1.807, 2.05) is 20.2 Å². The van der Waals surface area contributed by atoms with Gasteiger partial charge in [-0.15, -0.1) is 0 Å².